The average molecular weight is 147 g/mol. The SMILES string of the molecule is C#CCn1cc[n+](CC=C)c1. The minimum Gasteiger partial charge on any atom is -0.233 e. The van der Waals surface area contributed by atoms with Crippen molar-refractivity contribution in [2.24, 2.45) is 0 Å². The van der Waals surface area contributed by atoms with E-state index in [0.29, 0.717) is 6.54 Å². The van der Waals surface area contributed by atoms with Crippen molar-refractivity contribution < 1.29 is 4.57 Å². The zero-order valence-corrected chi connectivity index (χ0v) is 6.40. The van der Waals surface area contributed by atoms with Crippen molar-refractivity contribution >= 4 is 0 Å². The second kappa shape index (κ2) is 3.62. The fourth-order valence-corrected chi connectivity index (χ4v) is 0.895. The number of imidazole rings is 1. The molecule has 2 nitrogen and oxygen atoms in total. The number of aromatic nitrogens is 2. The largest absolute Gasteiger partial charge is 0.244 e. The van der Waals surface area contributed by atoms with E-state index in [-0.39, 0.29) is 0 Å². The molecule has 0 saturated heterocycles. The van der Waals surface area contributed by atoms with Gasteiger partial charge in [0.15, 0.2) is 6.54 Å². The Morgan fingerprint density at radius 3 is 3.18 bits per heavy atom. The summed E-state index contributed by atoms with van der Waals surface area (Å²) in [6.45, 7) is 5.10. The summed E-state index contributed by atoms with van der Waals surface area (Å²) in [6.07, 6.45) is 12.9. The monoisotopic (exact) mass is 147 g/mol. The van der Waals surface area contributed by atoms with Gasteiger partial charge in [-0.1, -0.05) is 18.6 Å². The molecule has 0 spiro atoms. The Morgan fingerprint density at radius 1 is 1.73 bits per heavy atom. The third-order valence-corrected chi connectivity index (χ3v) is 1.36. The summed E-state index contributed by atoms with van der Waals surface area (Å²) < 4.78 is 3.97. The highest BCUT2D eigenvalue weighted by Gasteiger charge is 1.98. The van der Waals surface area contributed by atoms with Gasteiger partial charge >= 0.3 is 0 Å². The molecule has 0 aliphatic rings. The second-order valence-electron chi connectivity index (χ2n) is 2.28. The summed E-state index contributed by atoms with van der Waals surface area (Å²) in [6, 6.07) is 0. The van der Waals surface area contributed by atoms with E-state index in [1.54, 1.807) is 0 Å². The fraction of sp³-hybridized carbons (Fsp3) is 0.222. The highest BCUT2D eigenvalue weighted by molar-refractivity contribution is 4.85. The summed E-state index contributed by atoms with van der Waals surface area (Å²) in [5, 5.41) is 0. The van der Waals surface area contributed by atoms with E-state index in [9.17, 15) is 0 Å². The van der Waals surface area contributed by atoms with E-state index in [1.165, 1.54) is 0 Å². The van der Waals surface area contributed by atoms with Crippen molar-refractivity contribution in [2.45, 2.75) is 13.1 Å². The number of rotatable bonds is 3. The first kappa shape index (κ1) is 7.62. The molecular formula is C9H11N2+. The Hall–Kier alpha value is -1.49. The molecule has 0 fully saturated rings. The minimum absolute atomic E-state index is 0.629. The first-order chi connectivity index (χ1) is 5.36. The van der Waals surface area contributed by atoms with E-state index >= 15 is 0 Å². The summed E-state index contributed by atoms with van der Waals surface area (Å²) >= 11 is 0. The lowest BCUT2D eigenvalue weighted by Gasteiger charge is -1.85. The Kier molecular flexibility index (Phi) is 2.51. The molecule has 0 unspecified atom stereocenters. The Labute approximate surface area is 66.8 Å². The zero-order valence-electron chi connectivity index (χ0n) is 6.40. The molecule has 0 N–H and O–H groups in total. The van der Waals surface area contributed by atoms with E-state index in [4.69, 9.17) is 6.42 Å². The average Bonchev–Trinajstić information content (AvgIpc) is 2.38. The third-order valence-electron chi connectivity index (χ3n) is 1.36. The van der Waals surface area contributed by atoms with Crippen molar-refractivity contribution in [3.05, 3.63) is 31.4 Å². The standard InChI is InChI=1S/C9H11N2/c1-3-5-10-7-8-11(9-10)6-4-2/h1,4,7-9H,2,5-6H2/q+1. The molecule has 2 heteroatoms. The summed E-state index contributed by atoms with van der Waals surface area (Å²) in [4.78, 5) is 0. The summed E-state index contributed by atoms with van der Waals surface area (Å²) in [7, 11) is 0. The van der Waals surface area contributed by atoms with Crippen LogP contribution in [0.2, 0.25) is 0 Å². The molecule has 11 heavy (non-hydrogen) atoms. The van der Waals surface area contributed by atoms with Gasteiger partial charge in [-0.2, -0.15) is 0 Å². The predicted octanol–water partition coefficient (Wildman–Crippen LogP) is 0.595. The van der Waals surface area contributed by atoms with E-state index in [1.807, 2.05) is 33.9 Å². The normalized spacial score (nSPS) is 9.00. The quantitative estimate of drug-likeness (QED) is 0.336. The highest BCUT2D eigenvalue weighted by Crippen LogP contribution is 1.82. The topological polar surface area (TPSA) is 8.81 Å². The van der Waals surface area contributed by atoms with Crippen molar-refractivity contribution in [1.29, 1.82) is 0 Å². The summed E-state index contributed by atoms with van der Waals surface area (Å²) in [5.41, 5.74) is 0. The van der Waals surface area contributed by atoms with E-state index in [0.717, 1.165) is 6.54 Å². The number of hydrogen-bond acceptors (Lipinski definition) is 0. The molecule has 1 aromatic heterocycles. The molecular weight excluding hydrogens is 136 g/mol. The van der Waals surface area contributed by atoms with Gasteiger partial charge in [-0.25, -0.2) is 9.13 Å². The van der Waals surface area contributed by atoms with Crippen LogP contribution in [0.25, 0.3) is 0 Å². The zero-order chi connectivity index (χ0) is 8.10. The van der Waals surface area contributed by atoms with Crippen molar-refractivity contribution in [2.75, 3.05) is 0 Å². The van der Waals surface area contributed by atoms with Crippen LogP contribution < -0.4 is 4.57 Å². The molecule has 0 atom stereocenters. The third kappa shape index (κ3) is 1.98. The highest BCUT2D eigenvalue weighted by atomic mass is 15.1. The van der Waals surface area contributed by atoms with Gasteiger partial charge in [0.05, 0.1) is 0 Å². The number of hydrogen-bond donors (Lipinski definition) is 0. The molecule has 56 valence electrons. The number of terminal acetylenes is 1. The van der Waals surface area contributed by atoms with Gasteiger partial charge in [0.2, 0.25) is 6.33 Å². The minimum atomic E-state index is 0.629. The maximum absolute atomic E-state index is 5.14. The van der Waals surface area contributed by atoms with Crippen LogP contribution >= 0.6 is 0 Å². The lowest BCUT2D eigenvalue weighted by atomic mass is 10.6. The van der Waals surface area contributed by atoms with Crippen LogP contribution in [-0.4, -0.2) is 4.57 Å². The van der Waals surface area contributed by atoms with Gasteiger partial charge in [0.25, 0.3) is 0 Å². The molecule has 0 aliphatic heterocycles. The van der Waals surface area contributed by atoms with Crippen LogP contribution in [0.3, 0.4) is 0 Å². The van der Waals surface area contributed by atoms with Crippen LogP contribution in [-0.2, 0) is 13.1 Å². The maximum Gasteiger partial charge on any atom is 0.244 e. The van der Waals surface area contributed by atoms with Gasteiger partial charge in [-0.3, -0.25) is 0 Å². The molecule has 1 aromatic rings. The Balaban J connectivity index is 2.67. The van der Waals surface area contributed by atoms with Crippen LogP contribution in [0.1, 0.15) is 0 Å². The molecule has 0 radical (unpaired) electrons. The van der Waals surface area contributed by atoms with Crippen molar-refractivity contribution in [1.82, 2.24) is 4.57 Å². The molecule has 0 bridgehead atoms. The van der Waals surface area contributed by atoms with Gasteiger partial charge in [0.1, 0.15) is 18.9 Å². The number of nitrogens with zero attached hydrogens (tertiary/aromatic N) is 2. The smallest absolute Gasteiger partial charge is 0.233 e. The maximum atomic E-state index is 5.14. The predicted molar refractivity (Wildman–Crippen MR) is 43.7 cm³/mol. The molecule has 0 amide bonds. The van der Waals surface area contributed by atoms with Gasteiger partial charge in [-0.05, 0) is 0 Å². The second-order valence-corrected chi connectivity index (χ2v) is 2.28. The lowest BCUT2D eigenvalue weighted by molar-refractivity contribution is -0.686. The molecule has 1 rings (SSSR count). The van der Waals surface area contributed by atoms with Crippen LogP contribution in [0.15, 0.2) is 31.4 Å². The lowest BCUT2D eigenvalue weighted by Crippen LogP contribution is -2.29. The van der Waals surface area contributed by atoms with Gasteiger partial charge < -0.3 is 0 Å². The van der Waals surface area contributed by atoms with Crippen LogP contribution in [0, 0.1) is 12.3 Å². The first-order valence-electron chi connectivity index (χ1n) is 3.46. The first-order valence-corrected chi connectivity index (χ1v) is 3.46. The van der Waals surface area contributed by atoms with Crippen molar-refractivity contribution in [3.8, 4) is 12.3 Å². The molecule has 1 heterocycles. The van der Waals surface area contributed by atoms with E-state index < -0.39 is 0 Å². The Morgan fingerprint density at radius 2 is 2.55 bits per heavy atom. The van der Waals surface area contributed by atoms with Crippen LogP contribution in [0.5, 0.6) is 0 Å². The fourth-order valence-electron chi connectivity index (χ4n) is 0.895. The molecule has 0 aromatic carbocycles. The number of allylic oxidation sites excluding steroid dienone is 1. The van der Waals surface area contributed by atoms with Gasteiger partial charge in [-0.15, -0.1) is 6.42 Å². The van der Waals surface area contributed by atoms with Crippen molar-refractivity contribution in [3.63, 3.8) is 0 Å². The summed E-state index contributed by atoms with van der Waals surface area (Å²) in [5.74, 6) is 2.56. The molecule has 0 saturated carbocycles. The van der Waals surface area contributed by atoms with Gasteiger partial charge in [0, 0.05) is 0 Å². The molecule has 0 aliphatic carbocycles. The van der Waals surface area contributed by atoms with Crippen LogP contribution in [0.4, 0.5) is 0 Å². The Bertz CT molecular complexity index is 278. The van der Waals surface area contributed by atoms with E-state index in [2.05, 4.69) is 12.5 Å².